The van der Waals surface area contributed by atoms with Gasteiger partial charge in [-0.2, -0.15) is 0 Å². The van der Waals surface area contributed by atoms with Crippen molar-refractivity contribution < 1.29 is 4.79 Å². The second kappa shape index (κ2) is 5.97. The molecule has 1 heterocycles. The molecule has 2 aromatic rings. The van der Waals surface area contributed by atoms with Crippen molar-refractivity contribution in [1.29, 1.82) is 0 Å². The Labute approximate surface area is 111 Å². The van der Waals surface area contributed by atoms with Crippen molar-refractivity contribution in [3.8, 4) is 0 Å². The molecule has 0 aliphatic carbocycles. The average molecular weight is 256 g/mol. The van der Waals surface area contributed by atoms with Crippen LogP contribution in [0.25, 0.3) is 0 Å². The van der Waals surface area contributed by atoms with E-state index in [1.165, 1.54) is 5.56 Å². The number of anilines is 1. The number of nitrogens with two attached hydrogens (primary N) is 1. The van der Waals surface area contributed by atoms with E-state index in [0.717, 1.165) is 5.56 Å². The number of hydrogen-bond acceptors (Lipinski definition) is 4. The number of carbonyl (C=O) groups is 1. The molecule has 2 rings (SSSR count). The first-order valence-corrected chi connectivity index (χ1v) is 5.96. The van der Waals surface area contributed by atoms with Crippen LogP contribution < -0.4 is 16.6 Å². The number of hydrazine groups is 1. The summed E-state index contributed by atoms with van der Waals surface area (Å²) < 4.78 is 0. The molecular weight excluding hydrogens is 240 g/mol. The van der Waals surface area contributed by atoms with E-state index in [9.17, 15) is 4.79 Å². The second-order valence-electron chi connectivity index (χ2n) is 4.22. The van der Waals surface area contributed by atoms with Gasteiger partial charge in [0.05, 0.1) is 0 Å². The lowest BCUT2D eigenvalue weighted by Gasteiger charge is -2.06. The number of aryl methyl sites for hydroxylation is 1. The molecule has 1 aromatic heterocycles. The van der Waals surface area contributed by atoms with Crippen molar-refractivity contribution in [3.63, 3.8) is 0 Å². The lowest BCUT2D eigenvalue weighted by Crippen LogP contribution is -2.24. The van der Waals surface area contributed by atoms with Gasteiger partial charge in [0, 0.05) is 6.54 Å². The number of rotatable bonds is 4. The van der Waals surface area contributed by atoms with Crippen LogP contribution in [0.2, 0.25) is 0 Å². The summed E-state index contributed by atoms with van der Waals surface area (Å²) in [6, 6.07) is 13.1. The van der Waals surface area contributed by atoms with E-state index in [0.29, 0.717) is 18.1 Å². The third-order valence-electron chi connectivity index (χ3n) is 2.67. The van der Waals surface area contributed by atoms with Gasteiger partial charge in [-0.05, 0) is 24.6 Å². The highest BCUT2D eigenvalue weighted by molar-refractivity contribution is 5.92. The van der Waals surface area contributed by atoms with Gasteiger partial charge >= 0.3 is 0 Å². The molecule has 0 spiro atoms. The molecule has 0 saturated heterocycles. The average Bonchev–Trinajstić information content (AvgIpc) is 2.45. The molecule has 19 heavy (non-hydrogen) atoms. The molecule has 0 fully saturated rings. The third-order valence-corrected chi connectivity index (χ3v) is 2.67. The highest BCUT2D eigenvalue weighted by atomic mass is 16.1. The molecule has 0 saturated carbocycles. The summed E-state index contributed by atoms with van der Waals surface area (Å²) in [5.41, 5.74) is 4.97. The number of pyridine rings is 1. The third kappa shape index (κ3) is 3.53. The minimum atomic E-state index is -0.224. The van der Waals surface area contributed by atoms with Crippen LogP contribution in [0, 0.1) is 6.92 Å². The Hall–Kier alpha value is -2.40. The van der Waals surface area contributed by atoms with Crippen molar-refractivity contribution in [2.45, 2.75) is 13.5 Å². The fraction of sp³-hybridized carbons (Fsp3) is 0.143. The molecule has 0 radical (unpaired) electrons. The van der Waals surface area contributed by atoms with E-state index in [4.69, 9.17) is 5.84 Å². The molecule has 0 aliphatic heterocycles. The normalized spacial score (nSPS) is 10.0. The number of aromatic nitrogens is 1. The number of nitrogen functional groups attached to an aromatic ring is 1. The largest absolute Gasteiger partial charge is 0.347 e. The zero-order chi connectivity index (χ0) is 13.7. The summed E-state index contributed by atoms with van der Waals surface area (Å²) in [6.45, 7) is 2.49. The second-order valence-corrected chi connectivity index (χ2v) is 4.22. The van der Waals surface area contributed by atoms with Crippen LogP contribution in [0.1, 0.15) is 21.6 Å². The Morgan fingerprint density at radius 2 is 2.05 bits per heavy atom. The highest BCUT2D eigenvalue weighted by Crippen LogP contribution is 2.05. The Morgan fingerprint density at radius 1 is 1.26 bits per heavy atom. The van der Waals surface area contributed by atoms with Crippen molar-refractivity contribution in [2.75, 3.05) is 5.43 Å². The maximum Gasteiger partial charge on any atom is 0.270 e. The van der Waals surface area contributed by atoms with Crippen molar-refractivity contribution in [3.05, 3.63) is 59.3 Å². The quantitative estimate of drug-likeness (QED) is 0.573. The first-order valence-electron chi connectivity index (χ1n) is 5.96. The van der Waals surface area contributed by atoms with E-state index in [-0.39, 0.29) is 5.91 Å². The molecule has 1 aromatic carbocycles. The molecule has 0 atom stereocenters. The smallest absolute Gasteiger partial charge is 0.270 e. The fourth-order valence-electron chi connectivity index (χ4n) is 1.74. The van der Waals surface area contributed by atoms with E-state index in [1.54, 1.807) is 18.2 Å². The van der Waals surface area contributed by atoms with Crippen LogP contribution in [-0.4, -0.2) is 10.9 Å². The summed E-state index contributed by atoms with van der Waals surface area (Å²) >= 11 is 0. The summed E-state index contributed by atoms with van der Waals surface area (Å²) in [5.74, 6) is 5.49. The van der Waals surface area contributed by atoms with Crippen LogP contribution in [0.15, 0.2) is 42.5 Å². The molecule has 1 amide bonds. The minimum absolute atomic E-state index is 0.224. The topological polar surface area (TPSA) is 80.0 Å². The van der Waals surface area contributed by atoms with Crippen LogP contribution in [0.3, 0.4) is 0 Å². The standard InChI is InChI=1S/C14H16N4O/c1-10-4-2-5-11(8-10)9-16-14(19)12-6-3-7-13(17-12)18-15/h2-8H,9,15H2,1H3,(H,16,19)(H,17,18). The Bertz CT molecular complexity index is 583. The van der Waals surface area contributed by atoms with Crippen molar-refractivity contribution >= 4 is 11.7 Å². The lowest BCUT2D eigenvalue weighted by atomic mass is 10.1. The zero-order valence-corrected chi connectivity index (χ0v) is 10.7. The SMILES string of the molecule is Cc1cccc(CNC(=O)c2cccc(NN)n2)c1. The molecular formula is C14H16N4O. The van der Waals surface area contributed by atoms with E-state index >= 15 is 0 Å². The van der Waals surface area contributed by atoms with E-state index < -0.39 is 0 Å². The van der Waals surface area contributed by atoms with Crippen molar-refractivity contribution in [2.24, 2.45) is 5.84 Å². The predicted octanol–water partition coefficient (Wildman–Crippen LogP) is 1.61. The first kappa shape index (κ1) is 13.0. The Balaban J connectivity index is 2.01. The Morgan fingerprint density at radius 3 is 2.79 bits per heavy atom. The van der Waals surface area contributed by atoms with Gasteiger partial charge < -0.3 is 10.7 Å². The monoisotopic (exact) mass is 256 g/mol. The van der Waals surface area contributed by atoms with Gasteiger partial charge in [0.25, 0.3) is 5.91 Å². The van der Waals surface area contributed by atoms with Crippen LogP contribution in [-0.2, 0) is 6.54 Å². The summed E-state index contributed by atoms with van der Waals surface area (Å²) in [7, 11) is 0. The molecule has 4 N–H and O–H groups in total. The summed E-state index contributed by atoms with van der Waals surface area (Å²) in [4.78, 5) is 16.0. The number of carbonyl (C=O) groups excluding carboxylic acids is 1. The number of benzene rings is 1. The van der Waals surface area contributed by atoms with Gasteiger partial charge in [-0.15, -0.1) is 0 Å². The molecule has 0 aliphatic rings. The summed E-state index contributed by atoms with van der Waals surface area (Å²) in [5, 5.41) is 2.82. The molecule has 5 nitrogen and oxygen atoms in total. The fourth-order valence-corrected chi connectivity index (χ4v) is 1.74. The summed E-state index contributed by atoms with van der Waals surface area (Å²) in [6.07, 6.45) is 0. The van der Waals surface area contributed by atoms with Gasteiger partial charge in [-0.3, -0.25) is 4.79 Å². The van der Waals surface area contributed by atoms with E-state index in [1.807, 2.05) is 31.2 Å². The minimum Gasteiger partial charge on any atom is -0.347 e. The zero-order valence-electron chi connectivity index (χ0n) is 10.7. The van der Waals surface area contributed by atoms with Crippen molar-refractivity contribution in [1.82, 2.24) is 10.3 Å². The van der Waals surface area contributed by atoms with Crippen LogP contribution in [0.5, 0.6) is 0 Å². The molecule has 0 unspecified atom stereocenters. The van der Waals surface area contributed by atoms with Gasteiger partial charge in [-0.25, -0.2) is 10.8 Å². The van der Waals surface area contributed by atoms with Gasteiger partial charge in [0.15, 0.2) is 0 Å². The Kier molecular flexibility index (Phi) is 4.10. The molecule has 0 bridgehead atoms. The van der Waals surface area contributed by atoms with Gasteiger partial charge in [0.1, 0.15) is 11.5 Å². The van der Waals surface area contributed by atoms with Gasteiger partial charge in [0.2, 0.25) is 0 Å². The van der Waals surface area contributed by atoms with E-state index in [2.05, 4.69) is 15.7 Å². The van der Waals surface area contributed by atoms with Crippen LogP contribution >= 0.6 is 0 Å². The number of nitrogens with zero attached hydrogens (tertiary/aromatic N) is 1. The number of amides is 1. The maximum absolute atomic E-state index is 11.9. The number of hydrogen-bond donors (Lipinski definition) is 3. The van der Waals surface area contributed by atoms with Crippen LogP contribution in [0.4, 0.5) is 5.82 Å². The van der Waals surface area contributed by atoms with Gasteiger partial charge in [-0.1, -0.05) is 35.9 Å². The lowest BCUT2D eigenvalue weighted by molar-refractivity contribution is 0.0946. The first-order chi connectivity index (χ1) is 9.19. The molecule has 5 heteroatoms. The maximum atomic E-state index is 11.9. The molecule has 98 valence electrons. The highest BCUT2D eigenvalue weighted by Gasteiger charge is 2.07. The number of nitrogens with one attached hydrogen (secondary N) is 2. The predicted molar refractivity (Wildman–Crippen MR) is 74.4 cm³/mol.